The predicted octanol–water partition coefficient (Wildman–Crippen LogP) is 11.1. The zero-order valence-corrected chi connectivity index (χ0v) is 35.5. The molecule has 4 aromatic carbocycles. The number of aromatic nitrogens is 1. The van der Waals surface area contributed by atoms with E-state index in [4.69, 9.17) is 4.99 Å². The average molecular weight is 939 g/mol. The fraction of sp³-hybridized carbons (Fsp3) is 0.224. The zero-order chi connectivity index (χ0) is 38.6. The molecule has 0 bridgehead atoms. The molecule has 0 aliphatic carbocycles. The number of hydrogen-bond donors (Lipinski definition) is 0. The van der Waals surface area contributed by atoms with Gasteiger partial charge in [0.1, 0.15) is 18.2 Å². The first-order valence-corrected chi connectivity index (χ1v) is 20.0. The molecule has 0 amide bonds. The number of fused-ring (bicyclic) bond motifs is 6. The normalized spacial score (nSPS) is 20.1. The van der Waals surface area contributed by atoms with E-state index in [-0.39, 0.29) is 26.3 Å². The van der Waals surface area contributed by atoms with Gasteiger partial charge in [0.25, 0.3) is 0 Å². The van der Waals surface area contributed by atoms with E-state index in [1.54, 1.807) is 6.20 Å². The zero-order valence-electron chi connectivity index (χ0n) is 33.1. The Labute approximate surface area is 355 Å². The number of nitrogens with zero attached hydrogens (tertiary/aromatic N) is 8. The Bertz CT molecular complexity index is 2460. The minimum absolute atomic E-state index is 0. The van der Waals surface area contributed by atoms with Crippen molar-refractivity contribution < 1.29 is 20.1 Å². The summed E-state index contributed by atoms with van der Waals surface area (Å²) >= 11 is 0. The maximum absolute atomic E-state index is 4.91. The Morgan fingerprint density at radius 2 is 1.38 bits per heavy atom. The number of aliphatic imine (C=N–C) groups is 1. The van der Waals surface area contributed by atoms with Crippen LogP contribution in [0.4, 0.5) is 11.4 Å². The predicted molar refractivity (Wildman–Crippen MR) is 228 cm³/mol. The van der Waals surface area contributed by atoms with Gasteiger partial charge in [-0.1, -0.05) is 125 Å². The first kappa shape index (κ1) is 37.7. The Kier molecular flexibility index (Phi) is 10.0. The molecule has 293 valence electrons. The van der Waals surface area contributed by atoms with E-state index < -0.39 is 0 Å². The molecule has 12 rings (SSSR count). The number of benzene rings is 4. The molecule has 3 atom stereocenters. The molecule has 58 heavy (non-hydrogen) atoms. The molecule has 1 radical (unpaired) electrons. The van der Waals surface area contributed by atoms with Crippen LogP contribution in [0.15, 0.2) is 152 Å². The second kappa shape index (κ2) is 15.5. The standard InChI is InChI=1S/C22H26N2.C17H13N3.C10H7N3.Ir/c1-15(2)18-10-7-11-19(16(3)4)21(18)24-13-12-23-14-17-8-5-6-9-20(17)22(23)24;1-2-5-12(6-3-1)16-18-14-8-4-7-13-11-19-9-10-20(16)17(19)15(13)14;1-2-8-9(11-4-1)3-6-13-7-5-12-10(8)13;/h5-13,15-16,22H,14H2,1-4H3;1-10,17H,11H2;1,3-7,10H;/q;;-2;. The first-order chi connectivity index (χ1) is 27.9. The second-order valence-electron chi connectivity index (χ2n) is 15.9. The van der Waals surface area contributed by atoms with Crippen molar-refractivity contribution in [3.05, 3.63) is 208 Å². The molecule has 8 nitrogen and oxygen atoms in total. The summed E-state index contributed by atoms with van der Waals surface area (Å²) in [6.07, 6.45) is 19.0. The van der Waals surface area contributed by atoms with Crippen LogP contribution in [0.5, 0.6) is 0 Å². The Morgan fingerprint density at radius 3 is 2.17 bits per heavy atom. The van der Waals surface area contributed by atoms with Crippen molar-refractivity contribution >= 4 is 23.3 Å². The molecular weight excluding hydrogens is 893 g/mol. The van der Waals surface area contributed by atoms with Gasteiger partial charge in [-0.3, -0.25) is 0 Å². The van der Waals surface area contributed by atoms with Crippen molar-refractivity contribution in [3.63, 3.8) is 0 Å². The van der Waals surface area contributed by atoms with Gasteiger partial charge in [-0.05, 0) is 64.4 Å². The van der Waals surface area contributed by atoms with Crippen LogP contribution in [0.1, 0.15) is 108 Å². The molecule has 7 aliphatic heterocycles. The van der Waals surface area contributed by atoms with Crippen molar-refractivity contribution in [2.45, 2.75) is 71.1 Å². The Hall–Kier alpha value is -5.89. The van der Waals surface area contributed by atoms with Crippen LogP contribution < -0.4 is 4.90 Å². The molecule has 0 N–H and O–H groups in total. The molecule has 0 saturated carbocycles. The van der Waals surface area contributed by atoms with E-state index in [0.717, 1.165) is 35.9 Å². The molecule has 0 fully saturated rings. The van der Waals surface area contributed by atoms with Crippen LogP contribution in [0.3, 0.4) is 0 Å². The summed E-state index contributed by atoms with van der Waals surface area (Å²) in [5.74, 6) is 2.07. The van der Waals surface area contributed by atoms with Crippen molar-refractivity contribution in [2.24, 2.45) is 4.99 Å². The molecule has 8 heterocycles. The largest absolute Gasteiger partial charge is 0.668 e. The van der Waals surface area contributed by atoms with Crippen molar-refractivity contribution in [1.82, 2.24) is 24.6 Å². The van der Waals surface area contributed by atoms with Crippen LogP contribution in [0.25, 0.3) is 11.4 Å². The molecular formula is C49H46IrN8-2. The van der Waals surface area contributed by atoms with Gasteiger partial charge in [0, 0.05) is 80.4 Å². The second-order valence-corrected chi connectivity index (χ2v) is 15.9. The monoisotopic (exact) mass is 939 g/mol. The van der Waals surface area contributed by atoms with Crippen molar-refractivity contribution in [2.75, 3.05) is 4.90 Å². The summed E-state index contributed by atoms with van der Waals surface area (Å²) < 4.78 is 0. The summed E-state index contributed by atoms with van der Waals surface area (Å²) in [7, 11) is 0. The molecule has 9 heteroatoms. The van der Waals surface area contributed by atoms with E-state index >= 15 is 0 Å². The molecule has 7 aliphatic rings. The van der Waals surface area contributed by atoms with E-state index in [2.05, 4.69) is 173 Å². The molecule has 0 saturated heterocycles. The fourth-order valence-corrected chi connectivity index (χ4v) is 9.09. The number of pyridine rings is 1. The van der Waals surface area contributed by atoms with Crippen LogP contribution in [-0.4, -0.2) is 30.4 Å². The number of anilines is 1. The SMILES string of the molecule is C1=CN2C(c3ccccc3)=Nc3cccc4c3C2N1C4.CC(C)c1cccc(C(C)C)c1N1C=CN2Cc3ccccc3C21.[Ir].[c-]1ccnc2c1C1[N-]C=CN1C=C2. The van der Waals surface area contributed by atoms with E-state index in [9.17, 15) is 0 Å². The number of hydrogen-bond acceptors (Lipinski definition) is 7. The Morgan fingerprint density at radius 1 is 0.690 bits per heavy atom. The molecule has 5 aromatic rings. The van der Waals surface area contributed by atoms with Crippen LogP contribution in [0.2, 0.25) is 0 Å². The van der Waals surface area contributed by atoms with Crippen LogP contribution >= 0.6 is 0 Å². The van der Waals surface area contributed by atoms with Gasteiger partial charge in [-0.2, -0.15) is 18.3 Å². The first-order valence-electron chi connectivity index (χ1n) is 20.0. The molecule has 3 unspecified atom stereocenters. The van der Waals surface area contributed by atoms with Crippen LogP contribution in [-0.2, 0) is 33.2 Å². The average Bonchev–Trinajstić information content (AvgIpc) is 4.09. The van der Waals surface area contributed by atoms with Gasteiger partial charge in [-0.15, -0.1) is 5.56 Å². The van der Waals surface area contributed by atoms with Crippen molar-refractivity contribution in [1.29, 1.82) is 0 Å². The Balaban J connectivity index is 0.000000116. The summed E-state index contributed by atoms with van der Waals surface area (Å²) in [6.45, 7) is 11.2. The quantitative estimate of drug-likeness (QED) is 0.167. The number of rotatable bonds is 4. The smallest absolute Gasteiger partial charge is 0.142 e. The summed E-state index contributed by atoms with van der Waals surface area (Å²) in [4.78, 5) is 20.8. The third-order valence-electron chi connectivity index (χ3n) is 11.8. The third-order valence-corrected chi connectivity index (χ3v) is 11.8. The van der Waals surface area contributed by atoms with Crippen molar-refractivity contribution in [3.8, 4) is 0 Å². The third kappa shape index (κ3) is 6.43. The summed E-state index contributed by atoms with van der Waals surface area (Å²) in [6, 6.07) is 37.5. The minimum atomic E-state index is 0. The molecule has 1 aromatic heterocycles. The van der Waals surface area contributed by atoms with Gasteiger partial charge in [-0.25, -0.2) is 4.99 Å². The van der Waals surface area contributed by atoms with Gasteiger partial charge in [0.2, 0.25) is 0 Å². The summed E-state index contributed by atoms with van der Waals surface area (Å²) in [5, 5.41) is 4.32. The summed E-state index contributed by atoms with van der Waals surface area (Å²) in [5.41, 5.74) is 14.3. The van der Waals surface area contributed by atoms with E-state index in [1.807, 2.05) is 41.7 Å². The van der Waals surface area contributed by atoms with E-state index in [1.165, 1.54) is 44.6 Å². The van der Waals surface area contributed by atoms with Crippen LogP contribution in [0, 0.1) is 6.07 Å². The number of para-hydroxylation sites is 1. The van der Waals surface area contributed by atoms with Gasteiger partial charge in [0.15, 0.2) is 0 Å². The topological polar surface area (TPSA) is 55.6 Å². The van der Waals surface area contributed by atoms with Gasteiger partial charge in [0.05, 0.1) is 5.69 Å². The maximum atomic E-state index is 4.91. The minimum Gasteiger partial charge on any atom is -0.668 e. The van der Waals surface area contributed by atoms with E-state index in [0.29, 0.717) is 24.2 Å². The van der Waals surface area contributed by atoms with Gasteiger partial charge >= 0.3 is 0 Å². The number of amidine groups is 1. The molecule has 0 spiro atoms. The van der Waals surface area contributed by atoms with Gasteiger partial charge < -0.3 is 34.8 Å². The maximum Gasteiger partial charge on any atom is 0.142 e. The fourth-order valence-electron chi connectivity index (χ4n) is 9.09.